The number of nitrogens with zero attached hydrogens (tertiary/aromatic N) is 1. The van der Waals surface area contributed by atoms with Crippen LogP contribution in [-0.2, 0) is 19.5 Å². The van der Waals surface area contributed by atoms with E-state index in [9.17, 15) is 13.2 Å². The molecule has 0 bridgehead atoms. The standard InChI is InChI=1S/C17H25F3N2O2/c1-5-12-7-13-14(9-22(12)2)15(23-3)6-11(16(13)24-4)8-21-10-17(18,19)20/h6,12,21H,5,7-10H2,1-4H3. The van der Waals surface area contributed by atoms with Crippen LogP contribution in [0.2, 0.25) is 0 Å². The first-order chi connectivity index (χ1) is 11.3. The Hall–Kier alpha value is -1.47. The number of hydrogen-bond acceptors (Lipinski definition) is 4. The van der Waals surface area contributed by atoms with Gasteiger partial charge >= 0.3 is 6.18 Å². The molecular weight excluding hydrogens is 321 g/mol. The molecule has 0 saturated carbocycles. The Balaban J connectivity index is 2.35. The maximum absolute atomic E-state index is 12.4. The summed E-state index contributed by atoms with van der Waals surface area (Å²) in [7, 11) is 5.22. The van der Waals surface area contributed by atoms with Crippen LogP contribution in [0.5, 0.6) is 11.5 Å². The molecule has 0 aliphatic carbocycles. The number of halogens is 3. The Morgan fingerprint density at radius 3 is 2.50 bits per heavy atom. The number of nitrogens with one attached hydrogen (secondary N) is 1. The average Bonchev–Trinajstić information content (AvgIpc) is 2.52. The SMILES string of the molecule is CCC1Cc2c(c(OC)cc(CNCC(F)(F)F)c2OC)CN1C. The Bertz CT molecular complexity index is 576. The van der Waals surface area contributed by atoms with Crippen molar-refractivity contribution in [1.82, 2.24) is 10.2 Å². The minimum absolute atomic E-state index is 0.0823. The molecule has 0 amide bonds. The first-order valence-corrected chi connectivity index (χ1v) is 8.04. The summed E-state index contributed by atoms with van der Waals surface area (Å²) >= 11 is 0. The fourth-order valence-electron chi connectivity index (χ4n) is 3.31. The predicted molar refractivity (Wildman–Crippen MR) is 86.6 cm³/mol. The molecule has 1 N–H and O–H groups in total. The smallest absolute Gasteiger partial charge is 0.401 e. The monoisotopic (exact) mass is 346 g/mol. The lowest BCUT2D eigenvalue weighted by atomic mass is 9.89. The van der Waals surface area contributed by atoms with E-state index in [1.54, 1.807) is 20.3 Å². The van der Waals surface area contributed by atoms with E-state index in [1.165, 1.54) is 0 Å². The van der Waals surface area contributed by atoms with Crippen LogP contribution in [-0.4, -0.2) is 44.9 Å². The summed E-state index contributed by atoms with van der Waals surface area (Å²) in [6.07, 6.45) is -2.44. The number of benzene rings is 1. The van der Waals surface area contributed by atoms with E-state index in [0.29, 0.717) is 23.1 Å². The molecule has 0 saturated heterocycles. The Labute approximate surface area is 140 Å². The van der Waals surface area contributed by atoms with Crippen LogP contribution in [0.4, 0.5) is 13.2 Å². The number of ether oxygens (including phenoxy) is 2. The molecule has 1 aromatic rings. The number of methoxy groups -OCH3 is 2. The molecule has 1 heterocycles. The van der Waals surface area contributed by atoms with Crippen LogP contribution in [0.25, 0.3) is 0 Å². The van der Waals surface area contributed by atoms with E-state index in [4.69, 9.17) is 9.47 Å². The van der Waals surface area contributed by atoms with Crippen LogP contribution >= 0.6 is 0 Å². The molecule has 4 nitrogen and oxygen atoms in total. The third-order valence-corrected chi connectivity index (χ3v) is 4.54. The van der Waals surface area contributed by atoms with Crippen LogP contribution in [0, 0.1) is 0 Å². The highest BCUT2D eigenvalue weighted by molar-refractivity contribution is 5.55. The Kier molecular flexibility index (Phi) is 5.98. The molecule has 1 atom stereocenters. The quantitative estimate of drug-likeness (QED) is 0.858. The molecule has 0 radical (unpaired) electrons. The number of fused-ring (bicyclic) bond motifs is 1. The van der Waals surface area contributed by atoms with Crippen molar-refractivity contribution in [2.45, 2.75) is 45.1 Å². The molecule has 1 aliphatic heterocycles. The second-order valence-electron chi connectivity index (χ2n) is 6.13. The molecule has 0 spiro atoms. The van der Waals surface area contributed by atoms with Crippen LogP contribution in [0.3, 0.4) is 0 Å². The normalized spacial score (nSPS) is 18.4. The third kappa shape index (κ3) is 4.13. The van der Waals surface area contributed by atoms with Gasteiger partial charge in [-0.1, -0.05) is 6.92 Å². The van der Waals surface area contributed by atoms with Gasteiger partial charge in [0.25, 0.3) is 0 Å². The third-order valence-electron chi connectivity index (χ3n) is 4.54. The van der Waals surface area contributed by atoms with Crippen molar-refractivity contribution in [3.05, 3.63) is 22.8 Å². The summed E-state index contributed by atoms with van der Waals surface area (Å²) in [6.45, 7) is 1.92. The first-order valence-electron chi connectivity index (χ1n) is 8.04. The lowest BCUT2D eigenvalue weighted by molar-refractivity contribution is -0.125. The van der Waals surface area contributed by atoms with E-state index in [1.807, 2.05) is 0 Å². The van der Waals surface area contributed by atoms with E-state index in [-0.39, 0.29) is 6.54 Å². The van der Waals surface area contributed by atoms with Crippen molar-refractivity contribution in [3.8, 4) is 11.5 Å². The van der Waals surface area contributed by atoms with Gasteiger partial charge in [0.05, 0.1) is 20.8 Å². The Morgan fingerprint density at radius 1 is 1.25 bits per heavy atom. The van der Waals surface area contributed by atoms with Gasteiger partial charge in [-0.05, 0) is 26.0 Å². The van der Waals surface area contributed by atoms with Gasteiger partial charge in [0.2, 0.25) is 0 Å². The van der Waals surface area contributed by atoms with Gasteiger partial charge in [-0.15, -0.1) is 0 Å². The van der Waals surface area contributed by atoms with Crippen molar-refractivity contribution in [3.63, 3.8) is 0 Å². The van der Waals surface area contributed by atoms with Crippen molar-refractivity contribution >= 4 is 0 Å². The summed E-state index contributed by atoms with van der Waals surface area (Å²) in [6, 6.07) is 2.16. The minimum Gasteiger partial charge on any atom is -0.496 e. The molecule has 136 valence electrons. The highest BCUT2D eigenvalue weighted by Gasteiger charge is 2.30. The number of alkyl halides is 3. The summed E-state index contributed by atoms with van der Waals surface area (Å²) < 4.78 is 48.2. The maximum Gasteiger partial charge on any atom is 0.401 e. The van der Waals surface area contributed by atoms with Crippen LogP contribution in [0.15, 0.2) is 6.07 Å². The zero-order valence-electron chi connectivity index (χ0n) is 14.6. The van der Waals surface area contributed by atoms with Crippen LogP contribution in [0.1, 0.15) is 30.0 Å². The van der Waals surface area contributed by atoms with Gasteiger partial charge in [-0.25, -0.2) is 0 Å². The van der Waals surface area contributed by atoms with Crippen molar-refractivity contribution in [2.24, 2.45) is 0 Å². The molecule has 1 aromatic carbocycles. The Morgan fingerprint density at radius 2 is 1.96 bits per heavy atom. The molecule has 1 unspecified atom stereocenters. The summed E-state index contributed by atoms with van der Waals surface area (Å²) in [4.78, 5) is 2.27. The fraction of sp³-hybridized carbons (Fsp3) is 0.647. The van der Waals surface area contributed by atoms with E-state index >= 15 is 0 Å². The van der Waals surface area contributed by atoms with Gasteiger partial charge < -0.3 is 14.8 Å². The second-order valence-corrected chi connectivity index (χ2v) is 6.13. The highest BCUT2D eigenvalue weighted by Crippen LogP contribution is 2.39. The van der Waals surface area contributed by atoms with Gasteiger partial charge in [0.1, 0.15) is 11.5 Å². The number of hydrogen-bond donors (Lipinski definition) is 1. The zero-order valence-corrected chi connectivity index (χ0v) is 14.6. The van der Waals surface area contributed by atoms with E-state index < -0.39 is 12.7 Å². The molecule has 1 aliphatic rings. The maximum atomic E-state index is 12.4. The molecule has 2 rings (SSSR count). The molecule has 24 heavy (non-hydrogen) atoms. The zero-order chi connectivity index (χ0) is 17.9. The molecule has 0 aromatic heterocycles. The number of rotatable bonds is 6. The van der Waals surface area contributed by atoms with Gasteiger partial charge in [0, 0.05) is 35.8 Å². The fourth-order valence-corrected chi connectivity index (χ4v) is 3.31. The topological polar surface area (TPSA) is 33.7 Å². The molecule has 0 fully saturated rings. The van der Waals surface area contributed by atoms with Crippen molar-refractivity contribution < 1.29 is 22.6 Å². The second kappa shape index (κ2) is 7.61. The summed E-state index contributed by atoms with van der Waals surface area (Å²) in [5.74, 6) is 1.38. The average molecular weight is 346 g/mol. The van der Waals surface area contributed by atoms with Gasteiger partial charge in [-0.3, -0.25) is 4.90 Å². The van der Waals surface area contributed by atoms with Gasteiger partial charge in [-0.2, -0.15) is 13.2 Å². The first kappa shape index (κ1) is 18.9. The highest BCUT2D eigenvalue weighted by atomic mass is 19.4. The van der Waals surface area contributed by atoms with E-state index in [2.05, 4.69) is 24.2 Å². The molecule has 7 heteroatoms. The van der Waals surface area contributed by atoms with Crippen molar-refractivity contribution in [1.29, 1.82) is 0 Å². The molecular formula is C17H25F3N2O2. The number of likely N-dealkylation sites (N-methyl/N-ethyl adjacent to an activating group) is 1. The van der Waals surface area contributed by atoms with E-state index in [0.717, 1.165) is 30.5 Å². The summed E-state index contributed by atoms with van der Waals surface area (Å²) in [5, 5.41) is 2.44. The predicted octanol–water partition coefficient (Wildman–Crippen LogP) is 3.12. The lowest BCUT2D eigenvalue weighted by Gasteiger charge is -2.35. The minimum atomic E-state index is -4.23. The largest absolute Gasteiger partial charge is 0.496 e. The van der Waals surface area contributed by atoms with Crippen molar-refractivity contribution in [2.75, 3.05) is 27.8 Å². The summed E-state index contributed by atoms with van der Waals surface area (Å²) in [5.41, 5.74) is 2.79. The van der Waals surface area contributed by atoms with Crippen LogP contribution < -0.4 is 14.8 Å². The lowest BCUT2D eigenvalue weighted by Crippen LogP contribution is -2.37. The van der Waals surface area contributed by atoms with Gasteiger partial charge in [0.15, 0.2) is 0 Å².